The first-order valence-electron chi connectivity index (χ1n) is 10.2. The van der Waals surface area contributed by atoms with Gasteiger partial charge in [-0.15, -0.1) is 0 Å². The van der Waals surface area contributed by atoms with E-state index in [4.69, 9.17) is 9.26 Å². The van der Waals surface area contributed by atoms with Gasteiger partial charge in [-0.25, -0.2) is 0 Å². The summed E-state index contributed by atoms with van der Waals surface area (Å²) in [7, 11) is 1.28. The number of benzene rings is 1. The van der Waals surface area contributed by atoms with Gasteiger partial charge in [-0.2, -0.15) is 0 Å². The molecular weight excluding hydrogens is 514 g/mol. The molecule has 5 nitrogen and oxygen atoms in total. The minimum absolute atomic E-state index is 0. The summed E-state index contributed by atoms with van der Waals surface area (Å²) in [4.78, 5) is 11.6. The number of aryl methyl sites for hydroxylation is 1. The molecule has 0 spiro atoms. The first-order valence-corrected chi connectivity index (χ1v) is 11.1. The van der Waals surface area contributed by atoms with Crippen LogP contribution in [0, 0.1) is 41.3 Å². The predicted octanol–water partition coefficient (Wildman–Crippen LogP) is 5.38. The number of nitrogens with one attached hydrogen (secondary N) is 1. The molecule has 2 N–H and O–H groups in total. The maximum Gasteiger partial charge on any atom is 0.322 e. The van der Waals surface area contributed by atoms with Crippen LogP contribution in [0.3, 0.4) is 0 Å². The van der Waals surface area contributed by atoms with E-state index >= 15 is 0 Å². The molecule has 2 unspecified atom stereocenters. The standard InChI is InChI=1S/C22H34NO4P.Pr/c1-5-6-7-10-17-13-19(24)21(18-11-8-9-15(2)12-18)20(14-17)27-28-23-16(3)22(25)26-4;/h12-14,16,18,23-24,28H,5-11H2,1-4H3;/t16-,18?;/m0./s1. The summed E-state index contributed by atoms with van der Waals surface area (Å²) in [5.74, 6) is 0.866. The van der Waals surface area contributed by atoms with E-state index < -0.39 is 6.04 Å². The first kappa shape index (κ1) is 26.8. The maximum atomic E-state index is 11.6. The quantitative estimate of drug-likeness (QED) is 0.178. The number of methoxy groups -OCH3 is 1. The van der Waals surface area contributed by atoms with Crippen LogP contribution in [-0.4, -0.2) is 24.2 Å². The van der Waals surface area contributed by atoms with Crippen molar-refractivity contribution in [2.75, 3.05) is 7.11 Å². The Morgan fingerprint density at radius 2 is 2.14 bits per heavy atom. The Kier molecular flexibility index (Phi) is 12.9. The molecule has 0 heterocycles. The second-order valence-corrected chi connectivity index (χ2v) is 8.29. The molecule has 0 saturated heterocycles. The largest absolute Gasteiger partial charge is 0.507 e. The van der Waals surface area contributed by atoms with Crippen LogP contribution >= 0.6 is 8.96 Å². The third kappa shape index (κ3) is 8.44. The Balaban J connectivity index is 0.00000420. The average molecular weight is 548 g/mol. The molecule has 1 aromatic carbocycles. The Morgan fingerprint density at radius 1 is 1.38 bits per heavy atom. The first-order chi connectivity index (χ1) is 13.5. The number of aromatic hydroxyl groups is 1. The smallest absolute Gasteiger partial charge is 0.322 e. The number of carbonyl (C=O) groups is 1. The van der Waals surface area contributed by atoms with Crippen LogP contribution in [0.1, 0.15) is 76.3 Å². The fourth-order valence-electron chi connectivity index (χ4n) is 3.60. The van der Waals surface area contributed by atoms with Gasteiger partial charge in [0.05, 0.1) is 7.11 Å². The number of phenolic OH excluding ortho intramolecular Hbond substituents is 1. The average Bonchev–Trinajstić information content (AvgIpc) is 2.67. The van der Waals surface area contributed by atoms with Gasteiger partial charge in [-0.3, -0.25) is 9.88 Å². The number of unbranched alkanes of at least 4 members (excludes halogenated alkanes) is 2. The molecular formula is C22H34NO4PPr. The van der Waals surface area contributed by atoms with E-state index in [1.807, 2.05) is 6.07 Å². The summed E-state index contributed by atoms with van der Waals surface area (Å²) >= 11 is 0. The van der Waals surface area contributed by atoms with Crippen LogP contribution in [-0.2, 0) is 16.0 Å². The van der Waals surface area contributed by atoms with Gasteiger partial charge in [0, 0.05) is 52.8 Å². The van der Waals surface area contributed by atoms with Gasteiger partial charge < -0.3 is 14.4 Å². The van der Waals surface area contributed by atoms with Crippen molar-refractivity contribution in [2.24, 2.45) is 0 Å². The second-order valence-electron chi connectivity index (χ2n) is 7.59. The molecule has 1 radical (unpaired) electrons. The summed E-state index contributed by atoms with van der Waals surface area (Å²) in [5, 5.41) is 13.8. The zero-order chi connectivity index (χ0) is 20.5. The number of allylic oxidation sites excluding steroid dienone is 2. The molecule has 0 amide bonds. The van der Waals surface area contributed by atoms with E-state index in [1.54, 1.807) is 6.92 Å². The maximum absolute atomic E-state index is 11.6. The SMILES string of the molecule is CCCCCc1cc(O)c(C2C=C(C)CCC2)c(OPN[C@@H](C)C(=O)OC)c1.[Pr]. The minimum Gasteiger partial charge on any atom is -0.507 e. The third-order valence-corrected chi connectivity index (χ3v) is 6.06. The van der Waals surface area contributed by atoms with Crippen molar-refractivity contribution in [2.45, 2.75) is 77.7 Å². The number of phenols is 1. The van der Waals surface area contributed by atoms with Gasteiger partial charge in [0.15, 0.2) is 0 Å². The molecule has 2 rings (SSSR count). The number of hydrogen-bond acceptors (Lipinski definition) is 5. The Bertz CT molecular complexity index is 696. The summed E-state index contributed by atoms with van der Waals surface area (Å²) in [5.41, 5.74) is 3.30. The molecule has 0 aliphatic heterocycles. The van der Waals surface area contributed by atoms with Gasteiger partial charge >= 0.3 is 5.97 Å². The molecule has 159 valence electrons. The number of rotatable bonds is 10. The second kappa shape index (κ2) is 14.0. The fraction of sp³-hybridized carbons (Fsp3) is 0.591. The van der Waals surface area contributed by atoms with Crippen molar-refractivity contribution in [3.05, 3.63) is 34.9 Å². The Hall–Kier alpha value is -0.216. The molecule has 0 aromatic heterocycles. The van der Waals surface area contributed by atoms with Crippen LogP contribution in [0.15, 0.2) is 23.8 Å². The van der Waals surface area contributed by atoms with E-state index in [0.717, 1.165) is 49.7 Å². The number of hydrogen-bond donors (Lipinski definition) is 2. The van der Waals surface area contributed by atoms with Crippen LogP contribution < -0.4 is 9.61 Å². The summed E-state index contributed by atoms with van der Waals surface area (Å²) in [6.45, 7) is 6.07. The molecule has 1 aliphatic carbocycles. The van der Waals surface area contributed by atoms with Crippen molar-refractivity contribution in [1.82, 2.24) is 5.09 Å². The zero-order valence-electron chi connectivity index (χ0n) is 18.1. The van der Waals surface area contributed by atoms with Gasteiger partial charge in [0.2, 0.25) is 0 Å². The van der Waals surface area contributed by atoms with Crippen molar-refractivity contribution in [1.29, 1.82) is 0 Å². The third-order valence-electron chi connectivity index (χ3n) is 5.18. The van der Waals surface area contributed by atoms with E-state index in [9.17, 15) is 9.90 Å². The monoisotopic (exact) mass is 548 g/mol. The summed E-state index contributed by atoms with van der Waals surface area (Å²) in [6.07, 6.45) is 9.83. The molecule has 1 aromatic rings. The number of carbonyl (C=O) groups excluding carboxylic acids is 1. The molecule has 29 heavy (non-hydrogen) atoms. The summed E-state index contributed by atoms with van der Waals surface area (Å²) in [6, 6.07) is 3.51. The molecule has 3 atom stereocenters. The van der Waals surface area contributed by atoms with Gasteiger partial charge in [-0.05, 0) is 63.6 Å². The molecule has 0 fully saturated rings. The zero-order valence-corrected chi connectivity index (χ0v) is 22.8. The van der Waals surface area contributed by atoms with E-state index in [0.29, 0.717) is 11.5 Å². The molecule has 1 aliphatic rings. The van der Waals surface area contributed by atoms with Crippen molar-refractivity contribution >= 4 is 14.9 Å². The fourth-order valence-corrected chi connectivity index (χ4v) is 4.23. The van der Waals surface area contributed by atoms with Crippen molar-refractivity contribution in [3.63, 3.8) is 0 Å². The van der Waals surface area contributed by atoms with Crippen LogP contribution in [0.5, 0.6) is 11.5 Å². The van der Waals surface area contributed by atoms with Gasteiger partial charge in [0.25, 0.3) is 0 Å². The van der Waals surface area contributed by atoms with Gasteiger partial charge in [-0.1, -0.05) is 31.4 Å². The molecule has 0 bridgehead atoms. The van der Waals surface area contributed by atoms with Crippen LogP contribution in [0.4, 0.5) is 0 Å². The Morgan fingerprint density at radius 3 is 2.79 bits per heavy atom. The number of ether oxygens (including phenoxy) is 1. The minimum atomic E-state index is -0.440. The van der Waals surface area contributed by atoms with Crippen LogP contribution in [0.25, 0.3) is 0 Å². The van der Waals surface area contributed by atoms with E-state index in [2.05, 4.69) is 31.1 Å². The Labute approximate surface area is 210 Å². The number of esters is 1. The van der Waals surface area contributed by atoms with Crippen LogP contribution in [0.2, 0.25) is 0 Å². The normalized spacial score (nSPS) is 17.5. The van der Waals surface area contributed by atoms with Gasteiger partial charge in [0.1, 0.15) is 26.5 Å². The van der Waals surface area contributed by atoms with Crippen molar-refractivity contribution in [3.8, 4) is 11.5 Å². The topological polar surface area (TPSA) is 67.8 Å². The summed E-state index contributed by atoms with van der Waals surface area (Å²) < 4.78 is 10.8. The van der Waals surface area contributed by atoms with Crippen molar-refractivity contribution < 1.29 is 60.5 Å². The molecule has 7 heteroatoms. The predicted molar refractivity (Wildman–Crippen MR) is 115 cm³/mol. The van der Waals surface area contributed by atoms with E-state index in [-0.39, 0.29) is 62.1 Å². The van der Waals surface area contributed by atoms with E-state index in [1.165, 1.54) is 19.1 Å². The molecule has 0 saturated carbocycles.